The smallest absolute Gasteiger partial charge is 0.260 e. The highest BCUT2D eigenvalue weighted by Gasteiger charge is 2.46. The molecule has 0 aliphatic carbocycles. The number of carbonyl (C=O) groups excluding carboxylic acids is 1. The Morgan fingerprint density at radius 3 is 3.00 bits per heavy atom. The standard InChI is InChI=1S/C14H13ClFN3O3/c15-9-3-8(4-10(16)5-9)6-17-13(21)14(22)1-2-19-7-11(20)18-12(14)19/h3-5,7,20,22H,1-2,6H2,(H,17,21). The zero-order chi connectivity index (χ0) is 15.9. The summed E-state index contributed by atoms with van der Waals surface area (Å²) in [4.78, 5) is 16.0. The Balaban J connectivity index is 1.75. The Bertz CT molecular complexity index is 729. The van der Waals surface area contributed by atoms with Crippen LogP contribution in [0.1, 0.15) is 17.8 Å². The highest BCUT2D eigenvalue weighted by Crippen LogP contribution is 2.33. The molecule has 22 heavy (non-hydrogen) atoms. The van der Waals surface area contributed by atoms with Crippen LogP contribution in [0, 0.1) is 5.82 Å². The highest BCUT2D eigenvalue weighted by atomic mass is 35.5. The summed E-state index contributed by atoms with van der Waals surface area (Å²) in [6, 6.07) is 3.94. The topological polar surface area (TPSA) is 87.4 Å². The van der Waals surface area contributed by atoms with Gasteiger partial charge in [0.25, 0.3) is 5.91 Å². The summed E-state index contributed by atoms with van der Waals surface area (Å²) in [5, 5.41) is 22.6. The van der Waals surface area contributed by atoms with Crippen molar-refractivity contribution in [3.8, 4) is 5.88 Å². The molecule has 116 valence electrons. The van der Waals surface area contributed by atoms with Gasteiger partial charge in [0.05, 0.1) is 6.20 Å². The number of imidazole rings is 1. The van der Waals surface area contributed by atoms with Crippen LogP contribution in [0.4, 0.5) is 4.39 Å². The molecular weight excluding hydrogens is 313 g/mol. The second-order valence-corrected chi connectivity index (χ2v) is 5.62. The van der Waals surface area contributed by atoms with Crippen molar-refractivity contribution in [1.82, 2.24) is 14.9 Å². The second-order valence-electron chi connectivity index (χ2n) is 5.19. The second kappa shape index (κ2) is 5.26. The lowest BCUT2D eigenvalue weighted by molar-refractivity contribution is -0.141. The average molecular weight is 326 g/mol. The summed E-state index contributed by atoms with van der Waals surface area (Å²) in [6.07, 6.45) is 1.51. The number of benzene rings is 1. The maximum atomic E-state index is 13.2. The Morgan fingerprint density at radius 2 is 2.27 bits per heavy atom. The van der Waals surface area contributed by atoms with E-state index in [1.54, 1.807) is 0 Å². The minimum Gasteiger partial charge on any atom is -0.492 e. The third-order valence-electron chi connectivity index (χ3n) is 3.60. The van der Waals surface area contributed by atoms with Gasteiger partial charge in [0.15, 0.2) is 5.82 Å². The third-order valence-corrected chi connectivity index (χ3v) is 3.82. The Morgan fingerprint density at radius 1 is 1.50 bits per heavy atom. The molecular formula is C14H13ClFN3O3. The summed E-state index contributed by atoms with van der Waals surface area (Å²) in [5.74, 6) is -1.31. The van der Waals surface area contributed by atoms with Crippen molar-refractivity contribution in [1.29, 1.82) is 0 Å². The van der Waals surface area contributed by atoms with Gasteiger partial charge in [-0.1, -0.05) is 11.6 Å². The minimum absolute atomic E-state index is 0.0192. The van der Waals surface area contributed by atoms with Gasteiger partial charge >= 0.3 is 0 Å². The largest absolute Gasteiger partial charge is 0.492 e. The lowest BCUT2D eigenvalue weighted by Gasteiger charge is -2.20. The van der Waals surface area contributed by atoms with Crippen molar-refractivity contribution in [2.45, 2.75) is 25.1 Å². The molecule has 0 spiro atoms. The number of amides is 1. The molecule has 1 amide bonds. The van der Waals surface area contributed by atoms with Gasteiger partial charge in [-0.2, -0.15) is 4.98 Å². The molecule has 0 saturated carbocycles. The van der Waals surface area contributed by atoms with Crippen LogP contribution >= 0.6 is 11.6 Å². The molecule has 2 aromatic rings. The van der Waals surface area contributed by atoms with E-state index in [-0.39, 0.29) is 29.7 Å². The summed E-state index contributed by atoms with van der Waals surface area (Å²) in [7, 11) is 0. The van der Waals surface area contributed by atoms with Gasteiger partial charge in [-0.25, -0.2) is 4.39 Å². The summed E-state index contributed by atoms with van der Waals surface area (Å²) in [6.45, 7) is 0.393. The van der Waals surface area contributed by atoms with Gasteiger partial charge in [-0.15, -0.1) is 0 Å². The summed E-state index contributed by atoms with van der Waals surface area (Å²) in [5.41, 5.74) is -1.33. The molecule has 1 aliphatic heterocycles. The number of aromatic hydroxyl groups is 1. The van der Waals surface area contributed by atoms with E-state index in [1.807, 2.05) is 0 Å². The van der Waals surface area contributed by atoms with Gasteiger partial charge in [0.1, 0.15) is 5.82 Å². The fourth-order valence-corrected chi connectivity index (χ4v) is 2.80. The number of hydrogen-bond acceptors (Lipinski definition) is 4. The molecule has 1 unspecified atom stereocenters. The van der Waals surface area contributed by atoms with E-state index < -0.39 is 17.3 Å². The number of aliphatic hydroxyl groups is 1. The van der Waals surface area contributed by atoms with Crippen LogP contribution in [0.2, 0.25) is 5.02 Å². The van der Waals surface area contributed by atoms with Crippen molar-refractivity contribution < 1.29 is 19.4 Å². The maximum Gasteiger partial charge on any atom is 0.260 e. The molecule has 1 aliphatic rings. The van der Waals surface area contributed by atoms with Gasteiger partial charge in [0.2, 0.25) is 11.5 Å². The van der Waals surface area contributed by atoms with Crippen molar-refractivity contribution in [2.24, 2.45) is 0 Å². The van der Waals surface area contributed by atoms with Gasteiger partial charge in [-0.05, 0) is 23.8 Å². The summed E-state index contributed by atoms with van der Waals surface area (Å²) < 4.78 is 14.8. The minimum atomic E-state index is -1.81. The lowest BCUT2D eigenvalue weighted by Crippen LogP contribution is -2.43. The van der Waals surface area contributed by atoms with E-state index in [0.717, 1.165) is 6.07 Å². The quantitative estimate of drug-likeness (QED) is 0.793. The number of carbonyl (C=O) groups is 1. The molecule has 3 rings (SSSR count). The van der Waals surface area contributed by atoms with Crippen LogP contribution in [-0.4, -0.2) is 25.7 Å². The fourth-order valence-electron chi connectivity index (χ4n) is 2.55. The van der Waals surface area contributed by atoms with Crippen LogP contribution in [0.5, 0.6) is 5.88 Å². The first-order valence-corrected chi connectivity index (χ1v) is 6.98. The molecule has 0 radical (unpaired) electrons. The number of aromatic nitrogens is 2. The molecule has 1 aromatic carbocycles. The number of nitrogens with one attached hydrogen (secondary N) is 1. The zero-order valence-electron chi connectivity index (χ0n) is 11.4. The Kier molecular flexibility index (Phi) is 3.54. The lowest BCUT2D eigenvalue weighted by atomic mass is 10.0. The normalized spacial score (nSPS) is 20.0. The van der Waals surface area contributed by atoms with E-state index in [0.29, 0.717) is 12.1 Å². The van der Waals surface area contributed by atoms with Crippen molar-refractivity contribution in [3.63, 3.8) is 0 Å². The maximum absolute atomic E-state index is 13.2. The number of fused-ring (bicyclic) bond motifs is 1. The van der Waals surface area contributed by atoms with E-state index in [1.165, 1.54) is 22.9 Å². The number of nitrogens with zero attached hydrogens (tertiary/aromatic N) is 2. The predicted octanol–water partition coefficient (Wildman–Crippen LogP) is 1.29. The SMILES string of the molecule is O=C(NCc1cc(F)cc(Cl)c1)C1(O)CCn2cc(O)nc21. The molecule has 1 aromatic heterocycles. The number of hydrogen-bond donors (Lipinski definition) is 3. The monoisotopic (exact) mass is 325 g/mol. The zero-order valence-corrected chi connectivity index (χ0v) is 12.1. The van der Waals surface area contributed by atoms with Crippen LogP contribution in [0.25, 0.3) is 0 Å². The van der Waals surface area contributed by atoms with Crippen LogP contribution < -0.4 is 5.32 Å². The van der Waals surface area contributed by atoms with E-state index in [2.05, 4.69) is 10.3 Å². The van der Waals surface area contributed by atoms with E-state index >= 15 is 0 Å². The first-order chi connectivity index (χ1) is 10.4. The molecule has 2 heterocycles. The first-order valence-electron chi connectivity index (χ1n) is 6.61. The van der Waals surface area contributed by atoms with E-state index in [4.69, 9.17) is 11.6 Å². The molecule has 1 atom stereocenters. The van der Waals surface area contributed by atoms with Crippen molar-refractivity contribution in [2.75, 3.05) is 0 Å². The Hall–Kier alpha value is -2.12. The first kappa shape index (κ1) is 14.8. The molecule has 0 saturated heterocycles. The van der Waals surface area contributed by atoms with Gasteiger partial charge < -0.3 is 20.1 Å². The fraction of sp³-hybridized carbons (Fsp3) is 0.286. The summed E-state index contributed by atoms with van der Waals surface area (Å²) >= 11 is 5.75. The van der Waals surface area contributed by atoms with Crippen molar-refractivity contribution >= 4 is 17.5 Å². The number of halogens is 2. The van der Waals surface area contributed by atoms with Gasteiger partial charge in [-0.3, -0.25) is 4.79 Å². The molecule has 8 heteroatoms. The molecule has 3 N–H and O–H groups in total. The Labute approximate surface area is 130 Å². The number of rotatable bonds is 3. The molecule has 6 nitrogen and oxygen atoms in total. The van der Waals surface area contributed by atoms with Gasteiger partial charge in [0, 0.05) is 24.5 Å². The van der Waals surface area contributed by atoms with Crippen molar-refractivity contribution in [3.05, 3.63) is 46.6 Å². The third kappa shape index (κ3) is 2.53. The predicted molar refractivity (Wildman–Crippen MR) is 75.7 cm³/mol. The average Bonchev–Trinajstić information content (AvgIpc) is 2.95. The van der Waals surface area contributed by atoms with Crippen LogP contribution in [-0.2, 0) is 23.5 Å². The highest BCUT2D eigenvalue weighted by molar-refractivity contribution is 6.30. The van der Waals surface area contributed by atoms with Crippen LogP contribution in [0.15, 0.2) is 24.4 Å². The molecule has 0 fully saturated rings. The number of aryl methyl sites for hydroxylation is 1. The molecule has 0 bridgehead atoms. The van der Waals surface area contributed by atoms with E-state index in [9.17, 15) is 19.4 Å². The van der Waals surface area contributed by atoms with Crippen LogP contribution in [0.3, 0.4) is 0 Å².